The third-order valence-corrected chi connectivity index (χ3v) is 4.85. The number of ether oxygens (including phenoxy) is 1. The fraction of sp³-hybridized carbons (Fsp3) is 0.348. The molecular formula is C23H28N4O2. The van der Waals surface area contributed by atoms with Gasteiger partial charge in [-0.1, -0.05) is 24.3 Å². The molecule has 0 bridgehead atoms. The van der Waals surface area contributed by atoms with Crippen molar-refractivity contribution in [2.45, 2.75) is 46.1 Å². The number of hydrogen-bond acceptors (Lipinski definition) is 4. The van der Waals surface area contributed by atoms with Crippen molar-refractivity contribution in [3.8, 4) is 11.4 Å². The summed E-state index contributed by atoms with van der Waals surface area (Å²) in [5.41, 5.74) is 4.32. The van der Waals surface area contributed by atoms with Crippen LogP contribution in [0.2, 0.25) is 0 Å². The smallest absolute Gasteiger partial charge is 0.220 e. The van der Waals surface area contributed by atoms with E-state index in [-0.39, 0.29) is 11.9 Å². The molecule has 3 rings (SSSR count). The van der Waals surface area contributed by atoms with Gasteiger partial charge < -0.3 is 10.1 Å². The van der Waals surface area contributed by atoms with E-state index in [0.29, 0.717) is 13.0 Å². The number of unbranched alkanes of at least 4 members (excludes halogenated alkanes) is 1. The van der Waals surface area contributed by atoms with Gasteiger partial charge >= 0.3 is 0 Å². The molecule has 0 aliphatic heterocycles. The zero-order chi connectivity index (χ0) is 20.6. The van der Waals surface area contributed by atoms with Gasteiger partial charge in [0.25, 0.3) is 0 Å². The van der Waals surface area contributed by atoms with Gasteiger partial charge in [0, 0.05) is 6.42 Å². The van der Waals surface area contributed by atoms with E-state index >= 15 is 0 Å². The first kappa shape index (κ1) is 20.6. The fourth-order valence-corrected chi connectivity index (χ4v) is 3.09. The molecule has 2 aromatic carbocycles. The maximum Gasteiger partial charge on any atom is 0.220 e. The molecule has 0 spiro atoms. The van der Waals surface area contributed by atoms with Crippen LogP contribution < -0.4 is 10.1 Å². The number of aryl methyl sites for hydroxylation is 2. The number of rotatable bonds is 9. The monoisotopic (exact) mass is 392 g/mol. The van der Waals surface area contributed by atoms with Gasteiger partial charge in [-0.05, 0) is 68.5 Å². The van der Waals surface area contributed by atoms with Crippen molar-refractivity contribution in [2.24, 2.45) is 0 Å². The van der Waals surface area contributed by atoms with Crippen molar-refractivity contribution in [2.75, 3.05) is 6.61 Å². The van der Waals surface area contributed by atoms with E-state index in [1.165, 1.54) is 11.9 Å². The minimum absolute atomic E-state index is 0.0431. The van der Waals surface area contributed by atoms with Crippen LogP contribution in [0.25, 0.3) is 5.69 Å². The van der Waals surface area contributed by atoms with E-state index in [0.717, 1.165) is 35.4 Å². The first-order valence-electron chi connectivity index (χ1n) is 9.97. The molecule has 3 aromatic rings. The van der Waals surface area contributed by atoms with Crippen molar-refractivity contribution in [3.05, 3.63) is 71.8 Å². The van der Waals surface area contributed by atoms with Crippen LogP contribution in [-0.4, -0.2) is 27.3 Å². The Balaban J connectivity index is 1.38. The van der Waals surface area contributed by atoms with Crippen LogP contribution in [0.15, 0.2) is 55.1 Å². The van der Waals surface area contributed by atoms with Crippen LogP contribution in [-0.2, 0) is 4.79 Å². The number of nitrogens with zero attached hydrogens (tertiary/aromatic N) is 3. The summed E-state index contributed by atoms with van der Waals surface area (Å²) in [6, 6.07) is 14.1. The summed E-state index contributed by atoms with van der Waals surface area (Å²) in [6.45, 7) is 6.71. The summed E-state index contributed by atoms with van der Waals surface area (Å²) >= 11 is 0. The van der Waals surface area contributed by atoms with Gasteiger partial charge in [0.05, 0.1) is 18.3 Å². The highest BCUT2D eigenvalue weighted by Crippen LogP contribution is 2.19. The van der Waals surface area contributed by atoms with Gasteiger partial charge in [0.2, 0.25) is 5.91 Å². The van der Waals surface area contributed by atoms with E-state index in [4.69, 9.17) is 4.74 Å². The van der Waals surface area contributed by atoms with Crippen molar-refractivity contribution in [3.63, 3.8) is 0 Å². The maximum absolute atomic E-state index is 12.2. The molecule has 1 unspecified atom stereocenters. The summed E-state index contributed by atoms with van der Waals surface area (Å²) in [5, 5.41) is 7.17. The molecule has 0 fully saturated rings. The fourth-order valence-electron chi connectivity index (χ4n) is 3.09. The van der Waals surface area contributed by atoms with Crippen LogP contribution in [0.3, 0.4) is 0 Å². The van der Waals surface area contributed by atoms with Crippen molar-refractivity contribution in [1.29, 1.82) is 0 Å². The van der Waals surface area contributed by atoms with Crippen LogP contribution in [0.4, 0.5) is 0 Å². The number of aromatic nitrogens is 3. The summed E-state index contributed by atoms with van der Waals surface area (Å²) in [5.74, 6) is 0.988. The Kier molecular flexibility index (Phi) is 7.00. The highest BCUT2D eigenvalue weighted by atomic mass is 16.5. The number of carbonyl (C=O) groups excluding carboxylic acids is 1. The van der Waals surface area contributed by atoms with Crippen molar-refractivity contribution >= 4 is 5.91 Å². The lowest BCUT2D eigenvalue weighted by Crippen LogP contribution is -2.26. The number of hydrogen-bond donors (Lipinski definition) is 1. The second-order valence-electron chi connectivity index (χ2n) is 7.30. The molecule has 0 saturated heterocycles. The van der Waals surface area contributed by atoms with Crippen LogP contribution in [0, 0.1) is 13.8 Å². The Morgan fingerprint density at radius 2 is 1.93 bits per heavy atom. The maximum atomic E-state index is 12.2. The Morgan fingerprint density at radius 3 is 2.66 bits per heavy atom. The van der Waals surface area contributed by atoms with Gasteiger partial charge in [-0.2, -0.15) is 5.10 Å². The average molecular weight is 393 g/mol. The van der Waals surface area contributed by atoms with Crippen LogP contribution >= 0.6 is 0 Å². The van der Waals surface area contributed by atoms with Gasteiger partial charge in [0.15, 0.2) is 0 Å². The quantitative estimate of drug-likeness (QED) is 0.551. The molecular weight excluding hydrogens is 364 g/mol. The van der Waals surface area contributed by atoms with Crippen molar-refractivity contribution in [1.82, 2.24) is 20.1 Å². The third kappa shape index (κ3) is 5.91. The number of nitrogens with one attached hydrogen (secondary N) is 1. The number of amides is 1. The van der Waals surface area contributed by atoms with E-state index in [9.17, 15) is 4.79 Å². The molecule has 1 atom stereocenters. The zero-order valence-electron chi connectivity index (χ0n) is 17.3. The predicted octanol–water partition coefficient (Wildman–Crippen LogP) is 4.31. The molecule has 0 radical (unpaired) electrons. The Bertz CT molecular complexity index is 921. The summed E-state index contributed by atoms with van der Waals surface area (Å²) < 4.78 is 7.55. The lowest BCUT2D eigenvalue weighted by Gasteiger charge is -2.15. The molecule has 29 heavy (non-hydrogen) atoms. The highest BCUT2D eigenvalue weighted by molar-refractivity contribution is 5.76. The zero-order valence-corrected chi connectivity index (χ0v) is 17.3. The molecule has 6 heteroatoms. The number of carbonyl (C=O) groups is 1. The third-order valence-electron chi connectivity index (χ3n) is 4.85. The van der Waals surface area contributed by atoms with E-state index in [1.807, 2.05) is 38.1 Å². The lowest BCUT2D eigenvalue weighted by molar-refractivity contribution is -0.121. The van der Waals surface area contributed by atoms with Gasteiger partial charge in [-0.15, -0.1) is 0 Å². The SMILES string of the molecule is Cc1ccc(C)c(OCCCCC(=O)NC(C)c2ccc(-n3cncn3)cc2)c1. The topological polar surface area (TPSA) is 69.0 Å². The summed E-state index contributed by atoms with van der Waals surface area (Å²) in [4.78, 5) is 16.2. The second-order valence-corrected chi connectivity index (χ2v) is 7.30. The normalized spacial score (nSPS) is 11.8. The lowest BCUT2D eigenvalue weighted by atomic mass is 10.1. The molecule has 0 saturated carbocycles. The first-order valence-corrected chi connectivity index (χ1v) is 9.97. The van der Waals surface area contributed by atoms with Crippen LogP contribution in [0.5, 0.6) is 5.75 Å². The van der Waals surface area contributed by atoms with Crippen molar-refractivity contribution < 1.29 is 9.53 Å². The van der Waals surface area contributed by atoms with Gasteiger partial charge in [0.1, 0.15) is 18.4 Å². The predicted molar refractivity (Wildman–Crippen MR) is 113 cm³/mol. The second kappa shape index (κ2) is 9.87. The minimum Gasteiger partial charge on any atom is -0.493 e. The van der Waals surface area contributed by atoms with E-state index < -0.39 is 0 Å². The highest BCUT2D eigenvalue weighted by Gasteiger charge is 2.10. The van der Waals surface area contributed by atoms with Crippen LogP contribution in [0.1, 0.15) is 48.9 Å². The van der Waals surface area contributed by atoms with E-state index in [1.54, 1.807) is 11.0 Å². The standard InChI is InChI=1S/C23H28N4O2/c1-17-7-8-18(2)22(14-17)29-13-5-4-6-23(28)26-19(3)20-9-11-21(12-10-20)27-16-24-15-25-27/h7-12,14-16,19H,4-6,13H2,1-3H3,(H,26,28). The van der Waals surface area contributed by atoms with Gasteiger partial charge in [-0.3, -0.25) is 4.79 Å². The Labute approximate surface area is 171 Å². The number of benzene rings is 2. The molecule has 1 aromatic heterocycles. The molecule has 1 amide bonds. The average Bonchev–Trinajstić information content (AvgIpc) is 3.25. The summed E-state index contributed by atoms with van der Waals surface area (Å²) in [6.07, 6.45) is 5.31. The summed E-state index contributed by atoms with van der Waals surface area (Å²) in [7, 11) is 0. The Hall–Kier alpha value is -3.15. The minimum atomic E-state index is -0.0431. The van der Waals surface area contributed by atoms with E-state index in [2.05, 4.69) is 40.5 Å². The van der Waals surface area contributed by atoms with Gasteiger partial charge in [-0.25, -0.2) is 9.67 Å². The Morgan fingerprint density at radius 1 is 1.14 bits per heavy atom. The molecule has 0 aliphatic rings. The molecule has 152 valence electrons. The molecule has 1 N–H and O–H groups in total. The molecule has 0 aliphatic carbocycles. The molecule has 1 heterocycles. The largest absolute Gasteiger partial charge is 0.493 e. The molecule has 6 nitrogen and oxygen atoms in total. The first-order chi connectivity index (χ1) is 14.0.